The standard InChI is InChI=1S/C18H19N3O2/c1-22-16-9-4-5-10-17(16)23-12-6-11-19-18-14-7-2-3-8-15(14)20-13-21-18/h2-5,7-10,13H,6,11-12H2,1H3,(H,19,20,21). The lowest BCUT2D eigenvalue weighted by Gasteiger charge is -2.11. The van der Waals surface area contributed by atoms with Gasteiger partial charge in [-0.1, -0.05) is 24.3 Å². The molecule has 0 fully saturated rings. The normalized spacial score (nSPS) is 10.5. The molecular formula is C18H19N3O2. The van der Waals surface area contributed by atoms with Gasteiger partial charge >= 0.3 is 0 Å². The Bertz CT molecular complexity index is 772. The van der Waals surface area contributed by atoms with Crippen molar-refractivity contribution in [2.45, 2.75) is 6.42 Å². The first-order valence-corrected chi connectivity index (χ1v) is 7.58. The van der Waals surface area contributed by atoms with E-state index in [-0.39, 0.29) is 0 Å². The quantitative estimate of drug-likeness (QED) is 0.677. The van der Waals surface area contributed by atoms with Crippen molar-refractivity contribution in [2.24, 2.45) is 0 Å². The van der Waals surface area contributed by atoms with E-state index in [1.165, 1.54) is 0 Å². The molecule has 5 heteroatoms. The van der Waals surface area contributed by atoms with Gasteiger partial charge in [0.1, 0.15) is 12.1 Å². The van der Waals surface area contributed by atoms with E-state index in [0.29, 0.717) is 6.61 Å². The average molecular weight is 309 g/mol. The first-order valence-electron chi connectivity index (χ1n) is 7.58. The zero-order valence-corrected chi connectivity index (χ0v) is 13.0. The number of nitrogens with one attached hydrogen (secondary N) is 1. The molecule has 0 atom stereocenters. The summed E-state index contributed by atoms with van der Waals surface area (Å²) in [5.41, 5.74) is 0.940. The molecule has 3 aromatic rings. The first-order chi connectivity index (χ1) is 11.4. The molecule has 2 aromatic carbocycles. The lowest BCUT2D eigenvalue weighted by molar-refractivity contribution is 0.292. The minimum atomic E-state index is 0.608. The van der Waals surface area contributed by atoms with Crippen LogP contribution < -0.4 is 14.8 Å². The highest BCUT2D eigenvalue weighted by molar-refractivity contribution is 5.88. The summed E-state index contributed by atoms with van der Waals surface area (Å²) in [6, 6.07) is 15.6. The zero-order valence-electron chi connectivity index (χ0n) is 13.0. The number of hydrogen-bond donors (Lipinski definition) is 1. The smallest absolute Gasteiger partial charge is 0.161 e. The molecule has 118 valence electrons. The van der Waals surface area contributed by atoms with Gasteiger partial charge in [-0.25, -0.2) is 9.97 Å². The predicted molar refractivity (Wildman–Crippen MR) is 91.1 cm³/mol. The first kappa shape index (κ1) is 15.1. The minimum absolute atomic E-state index is 0.608. The number of hydrogen-bond acceptors (Lipinski definition) is 5. The summed E-state index contributed by atoms with van der Waals surface area (Å²) in [5.74, 6) is 2.37. The molecule has 1 heterocycles. The fraction of sp³-hybridized carbons (Fsp3) is 0.222. The molecular weight excluding hydrogens is 290 g/mol. The molecule has 5 nitrogen and oxygen atoms in total. The van der Waals surface area contributed by atoms with E-state index in [2.05, 4.69) is 15.3 Å². The summed E-state index contributed by atoms with van der Waals surface area (Å²) in [4.78, 5) is 8.56. The molecule has 0 bridgehead atoms. The number of methoxy groups -OCH3 is 1. The fourth-order valence-corrected chi connectivity index (χ4v) is 2.34. The average Bonchev–Trinajstić information content (AvgIpc) is 2.62. The van der Waals surface area contributed by atoms with Gasteiger partial charge in [0.25, 0.3) is 0 Å². The number of anilines is 1. The van der Waals surface area contributed by atoms with Crippen molar-refractivity contribution in [3.05, 3.63) is 54.9 Å². The SMILES string of the molecule is COc1ccccc1OCCCNc1ncnc2ccccc12. The predicted octanol–water partition coefficient (Wildman–Crippen LogP) is 3.52. The molecule has 0 spiro atoms. The van der Waals surface area contributed by atoms with Crippen molar-refractivity contribution in [1.82, 2.24) is 9.97 Å². The van der Waals surface area contributed by atoms with E-state index in [9.17, 15) is 0 Å². The molecule has 0 aliphatic rings. The van der Waals surface area contributed by atoms with Crippen LogP contribution in [0.25, 0.3) is 10.9 Å². The van der Waals surface area contributed by atoms with Crippen LogP contribution in [0.4, 0.5) is 5.82 Å². The number of rotatable bonds is 7. The van der Waals surface area contributed by atoms with E-state index >= 15 is 0 Å². The Kier molecular flexibility index (Phi) is 4.88. The molecule has 23 heavy (non-hydrogen) atoms. The topological polar surface area (TPSA) is 56.3 Å². The molecule has 0 unspecified atom stereocenters. The molecule has 0 aliphatic heterocycles. The van der Waals surface area contributed by atoms with Gasteiger partial charge in [0.15, 0.2) is 11.5 Å². The maximum Gasteiger partial charge on any atom is 0.161 e. The van der Waals surface area contributed by atoms with Crippen LogP contribution in [0.3, 0.4) is 0 Å². The molecule has 0 aliphatic carbocycles. The molecule has 0 amide bonds. The van der Waals surface area contributed by atoms with Crippen LogP contribution in [0.5, 0.6) is 11.5 Å². The summed E-state index contributed by atoms with van der Waals surface area (Å²) in [6.07, 6.45) is 2.44. The third-order valence-electron chi connectivity index (χ3n) is 3.48. The van der Waals surface area contributed by atoms with Crippen LogP contribution in [0.15, 0.2) is 54.9 Å². The zero-order chi connectivity index (χ0) is 15.9. The summed E-state index contributed by atoms with van der Waals surface area (Å²) >= 11 is 0. The second-order valence-electron chi connectivity index (χ2n) is 5.02. The Morgan fingerprint density at radius 2 is 1.74 bits per heavy atom. The maximum atomic E-state index is 5.76. The minimum Gasteiger partial charge on any atom is -0.493 e. The Hall–Kier alpha value is -2.82. The van der Waals surface area contributed by atoms with Crippen molar-refractivity contribution in [1.29, 1.82) is 0 Å². The Labute approximate surface area is 135 Å². The lowest BCUT2D eigenvalue weighted by atomic mass is 10.2. The Morgan fingerprint density at radius 1 is 0.957 bits per heavy atom. The van der Waals surface area contributed by atoms with E-state index in [4.69, 9.17) is 9.47 Å². The number of ether oxygens (including phenoxy) is 2. The van der Waals surface area contributed by atoms with Crippen molar-refractivity contribution in [3.63, 3.8) is 0 Å². The van der Waals surface area contributed by atoms with E-state index < -0.39 is 0 Å². The van der Waals surface area contributed by atoms with E-state index in [1.54, 1.807) is 13.4 Å². The number of nitrogens with zero attached hydrogens (tertiary/aromatic N) is 2. The monoisotopic (exact) mass is 309 g/mol. The van der Waals surface area contributed by atoms with Crippen LogP contribution in [0.2, 0.25) is 0 Å². The van der Waals surface area contributed by atoms with Gasteiger partial charge in [-0.3, -0.25) is 0 Å². The lowest BCUT2D eigenvalue weighted by Crippen LogP contribution is -2.09. The van der Waals surface area contributed by atoms with Crippen molar-refractivity contribution >= 4 is 16.7 Å². The fourth-order valence-electron chi connectivity index (χ4n) is 2.34. The van der Waals surface area contributed by atoms with Crippen LogP contribution in [-0.4, -0.2) is 30.2 Å². The number of para-hydroxylation sites is 3. The van der Waals surface area contributed by atoms with Gasteiger partial charge in [0, 0.05) is 11.9 Å². The van der Waals surface area contributed by atoms with Gasteiger partial charge in [-0.15, -0.1) is 0 Å². The number of fused-ring (bicyclic) bond motifs is 1. The molecule has 3 rings (SSSR count). The van der Waals surface area contributed by atoms with Crippen LogP contribution >= 0.6 is 0 Å². The van der Waals surface area contributed by atoms with Crippen molar-refractivity contribution < 1.29 is 9.47 Å². The highest BCUT2D eigenvalue weighted by Crippen LogP contribution is 2.25. The molecule has 0 radical (unpaired) electrons. The summed E-state index contributed by atoms with van der Waals surface area (Å²) in [7, 11) is 1.64. The van der Waals surface area contributed by atoms with Gasteiger partial charge < -0.3 is 14.8 Å². The third-order valence-corrected chi connectivity index (χ3v) is 3.48. The van der Waals surface area contributed by atoms with Crippen LogP contribution in [0.1, 0.15) is 6.42 Å². The summed E-state index contributed by atoms with van der Waals surface area (Å²) in [5, 5.41) is 4.37. The molecule has 0 saturated carbocycles. The second kappa shape index (κ2) is 7.45. The highest BCUT2D eigenvalue weighted by Gasteiger charge is 2.03. The number of aromatic nitrogens is 2. The van der Waals surface area contributed by atoms with Crippen LogP contribution in [-0.2, 0) is 0 Å². The maximum absolute atomic E-state index is 5.76. The van der Waals surface area contributed by atoms with E-state index in [0.717, 1.165) is 41.2 Å². The Balaban J connectivity index is 1.52. The van der Waals surface area contributed by atoms with Gasteiger partial charge in [-0.2, -0.15) is 0 Å². The van der Waals surface area contributed by atoms with Gasteiger partial charge in [0.2, 0.25) is 0 Å². The van der Waals surface area contributed by atoms with Gasteiger partial charge in [-0.05, 0) is 30.7 Å². The second-order valence-corrected chi connectivity index (χ2v) is 5.02. The molecule has 0 saturated heterocycles. The third kappa shape index (κ3) is 3.69. The number of benzene rings is 2. The summed E-state index contributed by atoms with van der Waals surface area (Å²) < 4.78 is 11.0. The highest BCUT2D eigenvalue weighted by atomic mass is 16.5. The molecule has 1 N–H and O–H groups in total. The summed E-state index contributed by atoms with van der Waals surface area (Å²) in [6.45, 7) is 1.38. The van der Waals surface area contributed by atoms with Gasteiger partial charge in [0.05, 0.1) is 19.2 Å². The Morgan fingerprint density at radius 3 is 2.61 bits per heavy atom. The van der Waals surface area contributed by atoms with Crippen molar-refractivity contribution in [3.8, 4) is 11.5 Å². The molecule has 1 aromatic heterocycles. The largest absolute Gasteiger partial charge is 0.493 e. The van der Waals surface area contributed by atoms with Crippen LogP contribution in [0, 0.1) is 0 Å². The van der Waals surface area contributed by atoms with Crippen molar-refractivity contribution in [2.75, 3.05) is 25.6 Å². The van der Waals surface area contributed by atoms with E-state index in [1.807, 2.05) is 48.5 Å².